The fourth-order valence-electron chi connectivity index (χ4n) is 3.21. The number of likely N-dealkylation sites (tertiary alicyclic amines) is 1. The number of benzene rings is 1. The third-order valence-electron chi connectivity index (χ3n) is 4.36. The Morgan fingerprint density at radius 2 is 1.95 bits per heavy atom. The molecule has 3 rings (SSSR count). The van der Waals surface area contributed by atoms with Gasteiger partial charge < -0.3 is 9.88 Å². The summed E-state index contributed by atoms with van der Waals surface area (Å²) in [5.74, 6) is 0.976. The summed E-state index contributed by atoms with van der Waals surface area (Å²) >= 11 is 0. The number of amides is 1. The molecule has 106 valence electrons. The molecule has 2 aromatic rings. The zero-order chi connectivity index (χ0) is 14.1. The van der Waals surface area contributed by atoms with Crippen LogP contribution in [0.5, 0.6) is 0 Å². The van der Waals surface area contributed by atoms with Gasteiger partial charge in [-0.15, -0.1) is 0 Å². The zero-order valence-corrected chi connectivity index (χ0v) is 12.2. The third-order valence-corrected chi connectivity index (χ3v) is 4.36. The first kappa shape index (κ1) is 13.2. The largest absolute Gasteiger partial charge is 0.361 e. The van der Waals surface area contributed by atoms with Gasteiger partial charge in [0.25, 0.3) is 0 Å². The second-order valence-corrected chi connectivity index (χ2v) is 6.04. The van der Waals surface area contributed by atoms with Crippen LogP contribution in [0, 0.1) is 5.92 Å². The summed E-state index contributed by atoms with van der Waals surface area (Å²) in [7, 11) is 0. The number of nitrogens with zero attached hydrogens (tertiary/aromatic N) is 1. The van der Waals surface area contributed by atoms with Gasteiger partial charge in [-0.1, -0.05) is 32.0 Å². The van der Waals surface area contributed by atoms with Crippen LogP contribution in [0.25, 0.3) is 10.9 Å². The number of hydrogen-bond acceptors (Lipinski definition) is 1. The Morgan fingerprint density at radius 1 is 1.25 bits per heavy atom. The van der Waals surface area contributed by atoms with Gasteiger partial charge in [0.2, 0.25) is 5.91 Å². The molecule has 0 saturated carbocycles. The molecule has 1 aromatic carbocycles. The Hall–Kier alpha value is -1.77. The van der Waals surface area contributed by atoms with Crippen molar-refractivity contribution in [1.82, 2.24) is 9.88 Å². The molecule has 1 aliphatic rings. The van der Waals surface area contributed by atoms with Crippen LogP contribution in [-0.4, -0.2) is 28.9 Å². The van der Waals surface area contributed by atoms with Gasteiger partial charge in [-0.25, -0.2) is 0 Å². The van der Waals surface area contributed by atoms with E-state index in [2.05, 4.69) is 35.4 Å². The van der Waals surface area contributed by atoms with Crippen molar-refractivity contribution in [3.8, 4) is 0 Å². The molecule has 1 aromatic heterocycles. The van der Waals surface area contributed by atoms with Crippen molar-refractivity contribution < 1.29 is 4.79 Å². The molecule has 1 aliphatic heterocycles. The molecular formula is C17H22N2O. The number of carbonyl (C=O) groups excluding carboxylic acids is 1. The van der Waals surface area contributed by atoms with Crippen LogP contribution < -0.4 is 0 Å². The second-order valence-electron chi connectivity index (χ2n) is 6.04. The van der Waals surface area contributed by atoms with Crippen LogP contribution in [0.15, 0.2) is 30.5 Å². The predicted molar refractivity (Wildman–Crippen MR) is 81.7 cm³/mol. The normalized spacial score (nSPS) is 17.1. The number of nitrogens with one attached hydrogen (secondary N) is 1. The molecule has 0 bridgehead atoms. The van der Waals surface area contributed by atoms with E-state index in [1.54, 1.807) is 0 Å². The minimum Gasteiger partial charge on any atom is -0.361 e. The van der Waals surface area contributed by atoms with E-state index in [0.717, 1.165) is 25.9 Å². The summed E-state index contributed by atoms with van der Waals surface area (Å²) in [6, 6.07) is 8.46. The number of aromatic amines is 1. The molecule has 20 heavy (non-hydrogen) atoms. The number of fused-ring (bicyclic) bond motifs is 1. The number of piperidine rings is 1. The van der Waals surface area contributed by atoms with Crippen molar-refractivity contribution in [2.75, 3.05) is 13.1 Å². The highest BCUT2D eigenvalue weighted by Crippen LogP contribution is 2.33. The minimum atomic E-state index is 0.111. The summed E-state index contributed by atoms with van der Waals surface area (Å²) < 4.78 is 0. The standard InChI is InChI=1S/C17H22N2O/c1-12(2)17(20)19-9-7-13(8-10-19)15-11-18-16-6-4-3-5-14(15)16/h3-6,11-13,18H,7-10H2,1-2H3. The molecular weight excluding hydrogens is 248 g/mol. The van der Waals surface area contributed by atoms with E-state index in [0.29, 0.717) is 11.8 Å². The first-order valence-electron chi connectivity index (χ1n) is 7.51. The average Bonchev–Trinajstić information content (AvgIpc) is 2.90. The van der Waals surface area contributed by atoms with Crippen LogP contribution in [0.4, 0.5) is 0 Å². The Balaban J connectivity index is 1.74. The molecule has 2 heterocycles. The Kier molecular flexibility index (Phi) is 3.51. The highest BCUT2D eigenvalue weighted by Gasteiger charge is 2.26. The van der Waals surface area contributed by atoms with E-state index >= 15 is 0 Å². The van der Waals surface area contributed by atoms with E-state index in [-0.39, 0.29) is 5.92 Å². The average molecular weight is 270 g/mol. The van der Waals surface area contributed by atoms with Crippen LogP contribution in [0.3, 0.4) is 0 Å². The van der Waals surface area contributed by atoms with Gasteiger partial charge in [-0.3, -0.25) is 4.79 Å². The Labute approximate surface area is 120 Å². The summed E-state index contributed by atoms with van der Waals surface area (Å²) in [6.45, 7) is 5.74. The van der Waals surface area contributed by atoms with Gasteiger partial charge in [-0.2, -0.15) is 0 Å². The van der Waals surface area contributed by atoms with E-state index in [1.165, 1.54) is 16.5 Å². The minimum absolute atomic E-state index is 0.111. The molecule has 1 N–H and O–H groups in total. The number of aromatic nitrogens is 1. The van der Waals surface area contributed by atoms with Crippen molar-refractivity contribution in [2.45, 2.75) is 32.6 Å². The van der Waals surface area contributed by atoms with Crippen molar-refractivity contribution in [1.29, 1.82) is 0 Å². The fraction of sp³-hybridized carbons (Fsp3) is 0.471. The van der Waals surface area contributed by atoms with Crippen LogP contribution in [0.2, 0.25) is 0 Å². The maximum Gasteiger partial charge on any atom is 0.225 e. The molecule has 1 amide bonds. The van der Waals surface area contributed by atoms with Crippen LogP contribution >= 0.6 is 0 Å². The topological polar surface area (TPSA) is 36.1 Å². The molecule has 0 unspecified atom stereocenters. The zero-order valence-electron chi connectivity index (χ0n) is 12.2. The van der Waals surface area contributed by atoms with E-state index in [1.807, 2.05) is 18.7 Å². The summed E-state index contributed by atoms with van der Waals surface area (Å²) in [4.78, 5) is 17.4. The first-order chi connectivity index (χ1) is 9.66. The van der Waals surface area contributed by atoms with Gasteiger partial charge in [0.05, 0.1) is 0 Å². The molecule has 0 atom stereocenters. The number of hydrogen-bond donors (Lipinski definition) is 1. The van der Waals surface area contributed by atoms with Crippen LogP contribution in [0.1, 0.15) is 38.2 Å². The maximum absolute atomic E-state index is 12.0. The van der Waals surface area contributed by atoms with Crippen molar-refractivity contribution in [3.63, 3.8) is 0 Å². The van der Waals surface area contributed by atoms with E-state index in [9.17, 15) is 4.79 Å². The third kappa shape index (κ3) is 2.33. The number of H-pyrrole nitrogens is 1. The fourth-order valence-corrected chi connectivity index (χ4v) is 3.21. The van der Waals surface area contributed by atoms with Gasteiger partial charge in [0.1, 0.15) is 0 Å². The van der Waals surface area contributed by atoms with Gasteiger partial charge in [-0.05, 0) is 30.4 Å². The summed E-state index contributed by atoms with van der Waals surface area (Å²) in [6.07, 6.45) is 4.29. The molecule has 0 aliphatic carbocycles. The highest BCUT2D eigenvalue weighted by atomic mass is 16.2. The lowest BCUT2D eigenvalue weighted by atomic mass is 9.89. The van der Waals surface area contributed by atoms with Crippen LogP contribution in [-0.2, 0) is 4.79 Å². The van der Waals surface area contributed by atoms with Crippen molar-refractivity contribution >= 4 is 16.8 Å². The Morgan fingerprint density at radius 3 is 2.65 bits per heavy atom. The molecule has 3 heteroatoms. The van der Waals surface area contributed by atoms with E-state index < -0.39 is 0 Å². The van der Waals surface area contributed by atoms with Crippen molar-refractivity contribution in [2.24, 2.45) is 5.92 Å². The van der Waals surface area contributed by atoms with Gasteiger partial charge >= 0.3 is 0 Å². The first-order valence-corrected chi connectivity index (χ1v) is 7.51. The van der Waals surface area contributed by atoms with E-state index in [4.69, 9.17) is 0 Å². The number of rotatable bonds is 2. The number of para-hydroxylation sites is 1. The SMILES string of the molecule is CC(C)C(=O)N1CCC(c2c[nH]c3ccccc23)CC1. The molecule has 1 fully saturated rings. The Bertz CT molecular complexity index is 606. The number of carbonyl (C=O) groups is 1. The quantitative estimate of drug-likeness (QED) is 0.890. The maximum atomic E-state index is 12.0. The predicted octanol–water partition coefficient (Wildman–Crippen LogP) is 3.53. The van der Waals surface area contributed by atoms with Gasteiger partial charge in [0, 0.05) is 36.1 Å². The second kappa shape index (κ2) is 5.31. The molecule has 0 spiro atoms. The smallest absolute Gasteiger partial charge is 0.225 e. The summed E-state index contributed by atoms with van der Waals surface area (Å²) in [5, 5.41) is 1.33. The van der Waals surface area contributed by atoms with Crippen molar-refractivity contribution in [3.05, 3.63) is 36.0 Å². The highest BCUT2D eigenvalue weighted by molar-refractivity contribution is 5.83. The molecule has 3 nitrogen and oxygen atoms in total. The lowest BCUT2D eigenvalue weighted by Gasteiger charge is -2.33. The monoisotopic (exact) mass is 270 g/mol. The lowest BCUT2D eigenvalue weighted by Crippen LogP contribution is -2.40. The van der Waals surface area contributed by atoms with Gasteiger partial charge in [0.15, 0.2) is 0 Å². The lowest BCUT2D eigenvalue weighted by molar-refractivity contribution is -0.135. The molecule has 0 radical (unpaired) electrons. The molecule has 1 saturated heterocycles. The summed E-state index contributed by atoms with van der Waals surface area (Å²) in [5.41, 5.74) is 2.63.